The van der Waals surface area contributed by atoms with E-state index in [2.05, 4.69) is 9.97 Å². The number of nitrogens with one attached hydrogen (secondary N) is 2. The minimum atomic E-state index is -0.615. The van der Waals surface area contributed by atoms with Crippen LogP contribution in [0, 0.1) is 0 Å². The zero-order valence-corrected chi connectivity index (χ0v) is 14.4. The Morgan fingerprint density at radius 3 is 1.61 bits per heavy atom. The number of thiophene rings is 3. The van der Waals surface area contributed by atoms with Crippen molar-refractivity contribution in [3.63, 3.8) is 0 Å². The lowest BCUT2D eigenvalue weighted by Crippen LogP contribution is -2.28. The molecule has 0 unspecified atom stereocenters. The summed E-state index contributed by atoms with van der Waals surface area (Å²) in [4.78, 5) is 32.9. The molecular weight excluding hydrogens is 352 g/mol. The first-order chi connectivity index (χ1) is 11.2. The number of hydrogen-bond acceptors (Lipinski definition) is 6. The van der Waals surface area contributed by atoms with Crippen molar-refractivity contribution in [3.8, 4) is 19.5 Å². The maximum atomic E-state index is 11.7. The summed E-state index contributed by atoms with van der Waals surface area (Å²) in [7, 11) is 1.00. The molecule has 4 heterocycles. The van der Waals surface area contributed by atoms with Gasteiger partial charge in [-0.3, -0.25) is 9.59 Å². The minimum absolute atomic E-state index is 0.615. The molecule has 118 valence electrons. The quantitative estimate of drug-likeness (QED) is 0.477. The topological polar surface area (TPSA) is 85.9 Å². The van der Waals surface area contributed by atoms with Gasteiger partial charge in [0, 0.05) is 16.9 Å². The van der Waals surface area contributed by atoms with E-state index in [-0.39, 0.29) is 0 Å². The molecule has 23 heavy (non-hydrogen) atoms. The molecule has 0 aliphatic carbocycles. The van der Waals surface area contributed by atoms with Crippen molar-refractivity contribution in [1.29, 1.82) is 0 Å². The van der Waals surface area contributed by atoms with Gasteiger partial charge < -0.3 is 15.1 Å². The summed E-state index contributed by atoms with van der Waals surface area (Å²) >= 11 is 4.81. The Kier molecular flexibility index (Phi) is 4.58. The van der Waals surface area contributed by atoms with E-state index in [0.717, 1.165) is 26.6 Å². The standard InChI is InChI=1S/C14H8N2O2S3.CH4O/c17-13-14(18)16-10-9(15-13)11(7-3-1-5-19-7)21-12(10)8-4-2-6-20-8;1-2/h1-6H,(H,15,17)(H,16,18);2H,1H3. The monoisotopic (exact) mass is 364 g/mol. The van der Waals surface area contributed by atoms with Crippen molar-refractivity contribution in [2.24, 2.45) is 0 Å². The van der Waals surface area contributed by atoms with Crippen LogP contribution in [0.4, 0.5) is 0 Å². The van der Waals surface area contributed by atoms with Gasteiger partial charge in [0.2, 0.25) is 0 Å². The predicted octanol–water partition coefficient (Wildman–Crippen LogP) is 3.34. The normalized spacial score (nSPS) is 10.5. The maximum Gasteiger partial charge on any atom is 0.314 e. The lowest BCUT2D eigenvalue weighted by molar-refractivity contribution is 0.399. The first-order valence-corrected chi connectivity index (χ1v) is 9.13. The largest absolute Gasteiger partial charge is 0.400 e. The number of aliphatic hydroxyl groups is 1. The lowest BCUT2D eigenvalue weighted by Gasteiger charge is -1.94. The third-order valence-electron chi connectivity index (χ3n) is 3.08. The molecule has 0 amide bonds. The zero-order chi connectivity index (χ0) is 16.4. The van der Waals surface area contributed by atoms with E-state index in [1.165, 1.54) is 0 Å². The van der Waals surface area contributed by atoms with Crippen LogP contribution in [0.2, 0.25) is 0 Å². The second-order valence-electron chi connectivity index (χ2n) is 4.37. The predicted molar refractivity (Wildman–Crippen MR) is 97.8 cm³/mol. The molecule has 0 saturated heterocycles. The molecule has 8 heteroatoms. The van der Waals surface area contributed by atoms with Gasteiger partial charge in [0.1, 0.15) is 0 Å². The van der Waals surface area contributed by atoms with Gasteiger partial charge in [0.25, 0.3) is 0 Å². The molecule has 0 fully saturated rings. The Bertz CT molecular complexity index is 942. The van der Waals surface area contributed by atoms with E-state index in [4.69, 9.17) is 5.11 Å². The van der Waals surface area contributed by atoms with Gasteiger partial charge in [-0.1, -0.05) is 12.1 Å². The molecular formula is C15H12N2O3S3. The fourth-order valence-corrected chi connectivity index (χ4v) is 5.10. The first kappa shape index (κ1) is 15.9. The van der Waals surface area contributed by atoms with Crippen molar-refractivity contribution in [1.82, 2.24) is 9.97 Å². The van der Waals surface area contributed by atoms with Gasteiger partial charge in [0.05, 0.1) is 20.8 Å². The van der Waals surface area contributed by atoms with Crippen LogP contribution in [0.3, 0.4) is 0 Å². The second-order valence-corrected chi connectivity index (χ2v) is 7.29. The van der Waals surface area contributed by atoms with Crippen LogP contribution in [-0.4, -0.2) is 22.2 Å². The van der Waals surface area contributed by atoms with Crippen molar-refractivity contribution >= 4 is 45.0 Å². The molecule has 5 nitrogen and oxygen atoms in total. The van der Waals surface area contributed by atoms with Crippen LogP contribution >= 0.6 is 34.0 Å². The van der Waals surface area contributed by atoms with E-state index in [9.17, 15) is 9.59 Å². The summed E-state index contributed by atoms with van der Waals surface area (Å²) in [5.41, 5.74) is 0.178. The van der Waals surface area contributed by atoms with Crippen molar-refractivity contribution < 1.29 is 5.11 Å². The van der Waals surface area contributed by atoms with Crippen LogP contribution in [0.25, 0.3) is 30.5 Å². The first-order valence-electron chi connectivity index (χ1n) is 6.55. The molecule has 0 aliphatic rings. The Hall–Kier alpha value is -2.00. The molecule has 0 aliphatic heterocycles. The Balaban J connectivity index is 0.000000753. The summed E-state index contributed by atoms with van der Waals surface area (Å²) in [6.07, 6.45) is 0. The fourth-order valence-electron chi connectivity index (χ4n) is 2.17. The minimum Gasteiger partial charge on any atom is -0.400 e. The molecule has 0 spiro atoms. The zero-order valence-electron chi connectivity index (χ0n) is 12.0. The Labute approximate surface area is 142 Å². The summed E-state index contributed by atoms with van der Waals surface area (Å²) in [5, 5.41) is 11.0. The highest BCUT2D eigenvalue weighted by Gasteiger charge is 2.17. The fraction of sp³-hybridized carbons (Fsp3) is 0.0667. The number of H-pyrrole nitrogens is 2. The van der Waals surface area contributed by atoms with Crippen molar-refractivity contribution in [2.75, 3.05) is 7.11 Å². The molecule has 4 aromatic rings. The van der Waals surface area contributed by atoms with Crippen LogP contribution < -0.4 is 11.1 Å². The molecule has 3 N–H and O–H groups in total. The summed E-state index contributed by atoms with van der Waals surface area (Å²) in [6, 6.07) is 7.97. The van der Waals surface area contributed by atoms with Gasteiger partial charge in [-0.05, 0) is 22.9 Å². The van der Waals surface area contributed by atoms with E-state index >= 15 is 0 Å². The highest BCUT2D eigenvalue weighted by atomic mass is 32.1. The summed E-state index contributed by atoms with van der Waals surface area (Å²) in [5.74, 6) is 0. The number of aromatic nitrogens is 2. The molecule has 0 atom stereocenters. The number of rotatable bonds is 2. The van der Waals surface area contributed by atoms with E-state index < -0.39 is 11.1 Å². The number of hydrogen-bond donors (Lipinski definition) is 3. The van der Waals surface area contributed by atoms with E-state index in [1.807, 2.05) is 35.0 Å². The van der Waals surface area contributed by atoms with Gasteiger partial charge in [0.15, 0.2) is 0 Å². The van der Waals surface area contributed by atoms with Crippen LogP contribution in [0.5, 0.6) is 0 Å². The van der Waals surface area contributed by atoms with Gasteiger partial charge in [-0.2, -0.15) is 0 Å². The molecule has 0 radical (unpaired) electrons. The molecule has 0 bridgehead atoms. The van der Waals surface area contributed by atoms with Gasteiger partial charge in [-0.25, -0.2) is 0 Å². The molecule has 0 aromatic carbocycles. The molecule has 0 saturated carbocycles. The average Bonchev–Trinajstić information content (AvgIpc) is 3.29. The third kappa shape index (κ3) is 2.81. The summed E-state index contributed by atoms with van der Waals surface area (Å²) < 4.78 is 0. The SMILES string of the molecule is CO.O=c1[nH]c2c(-c3cccs3)sc(-c3cccs3)c2[nH]c1=O. The third-order valence-corrected chi connectivity index (χ3v) is 6.37. The Morgan fingerprint density at radius 2 is 1.26 bits per heavy atom. The van der Waals surface area contributed by atoms with Crippen molar-refractivity contribution in [3.05, 3.63) is 55.7 Å². The Morgan fingerprint density at radius 1 is 0.826 bits per heavy atom. The molecule has 4 aromatic heterocycles. The van der Waals surface area contributed by atoms with E-state index in [0.29, 0.717) is 11.0 Å². The highest BCUT2D eigenvalue weighted by Crippen LogP contribution is 2.44. The number of fused-ring (bicyclic) bond motifs is 1. The summed E-state index contributed by atoms with van der Waals surface area (Å²) in [6.45, 7) is 0. The van der Waals surface area contributed by atoms with Crippen LogP contribution in [-0.2, 0) is 0 Å². The van der Waals surface area contributed by atoms with Crippen LogP contribution in [0.1, 0.15) is 0 Å². The van der Waals surface area contributed by atoms with E-state index in [1.54, 1.807) is 34.0 Å². The number of aromatic amines is 2. The van der Waals surface area contributed by atoms with Crippen molar-refractivity contribution in [2.45, 2.75) is 0 Å². The van der Waals surface area contributed by atoms with Crippen LogP contribution in [0.15, 0.2) is 44.6 Å². The number of aliphatic hydroxyl groups excluding tert-OH is 1. The second kappa shape index (κ2) is 6.63. The van der Waals surface area contributed by atoms with Gasteiger partial charge in [-0.15, -0.1) is 34.0 Å². The molecule has 4 rings (SSSR count). The maximum absolute atomic E-state index is 11.7. The smallest absolute Gasteiger partial charge is 0.314 e. The highest BCUT2D eigenvalue weighted by molar-refractivity contribution is 7.27. The van der Waals surface area contributed by atoms with Gasteiger partial charge >= 0.3 is 11.1 Å². The average molecular weight is 364 g/mol. The lowest BCUT2D eigenvalue weighted by atomic mass is 10.3.